The number of methoxy groups -OCH3 is 3. The standard InChI is InChI=1S/C26H33NO8/c1-8-13(3)35-26(31)20-14(4)27-16-9-12(2)19(25(30)34-7)24(29)22(16)21(20)15-10-17(32-5)23(28)18(11-15)33-6/h10-13,19,21,27-28H,8-9H2,1-7H3/t12-,13-,19+,21+/m0/s1. The number of Topliss-reactive ketones (excluding diaryl/α,β-unsaturated/α-hetero) is 1. The zero-order valence-corrected chi connectivity index (χ0v) is 21.2. The molecular formula is C26H33NO8. The van der Waals surface area contributed by atoms with Crippen molar-refractivity contribution in [1.29, 1.82) is 0 Å². The Morgan fingerprint density at radius 3 is 2.29 bits per heavy atom. The van der Waals surface area contributed by atoms with Gasteiger partial charge in [0.2, 0.25) is 5.75 Å². The van der Waals surface area contributed by atoms with Crippen LogP contribution in [0.15, 0.2) is 34.7 Å². The number of benzene rings is 1. The van der Waals surface area contributed by atoms with E-state index in [2.05, 4.69) is 5.32 Å². The van der Waals surface area contributed by atoms with Crippen molar-refractivity contribution in [3.8, 4) is 17.2 Å². The molecule has 0 unspecified atom stereocenters. The lowest BCUT2D eigenvalue weighted by atomic mass is 9.69. The maximum Gasteiger partial charge on any atom is 0.337 e. The average Bonchev–Trinajstić information content (AvgIpc) is 2.82. The number of hydrogen-bond acceptors (Lipinski definition) is 9. The molecule has 0 amide bonds. The number of ketones is 1. The molecule has 9 heteroatoms. The molecule has 0 spiro atoms. The first-order valence-corrected chi connectivity index (χ1v) is 11.6. The van der Waals surface area contributed by atoms with Crippen LogP contribution in [0.25, 0.3) is 0 Å². The van der Waals surface area contributed by atoms with E-state index in [-0.39, 0.29) is 40.4 Å². The van der Waals surface area contributed by atoms with Gasteiger partial charge in [0.25, 0.3) is 0 Å². The summed E-state index contributed by atoms with van der Waals surface area (Å²) in [7, 11) is 4.04. The summed E-state index contributed by atoms with van der Waals surface area (Å²) in [6, 6.07) is 3.11. The fourth-order valence-electron chi connectivity index (χ4n) is 4.69. The molecular weight excluding hydrogens is 454 g/mol. The Morgan fingerprint density at radius 2 is 1.77 bits per heavy atom. The van der Waals surface area contributed by atoms with Gasteiger partial charge < -0.3 is 29.4 Å². The van der Waals surface area contributed by atoms with Crippen molar-refractivity contribution in [2.24, 2.45) is 11.8 Å². The lowest BCUT2D eigenvalue weighted by Gasteiger charge is -2.38. The molecule has 9 nitrogen and oxygen atoms in total. The summed E-state index contributed by atoms with van der Waals surface area (Å²) >= 11 is 0. The second-order valence-corrected chi connectivity index (χ2v) is 8.93. The number of hydrogen-bond donors (Lipinski definition) is 2. The maximum absolute atomic E-state index is 13.8. The number of carbonyl (C=O) groups is 3. The zero-order chi connectivity index (χ0) is 26.0. The highest BCUT2D eigenvalue weighted by Gasteiger charge is 2.47. The predicted octanol–water partition coefficient (Wildman–Crippen LogP) is 3.36. The van der Waals surface area contributed by atoms with Crippen molar-refractivity contribution in [3.63, 3.8) is 0 Å². The first-order valence-electron chi connectivity index (χ1n) is 11.6. The van der Waals surface area contributed by atoms with E-state index in [0.717, 1.165) is 0 Å². The Labute approximate surface area is 205 Å². The van der Waals surface area contributed by atoms with Crippen molar-refractivity contribution in [2.75, 3.05) is 21.3 Å². The summed E-state index contributed by atoms with van der Waals surface area (Å²) in [5.74, 6) is -3.77. The molecule has 0 bridgehead atoms. The molecule has 2 aliphatic rings. The Kier molecular flexibility index (Phi) is 7.77. The zero-order valence-electron chi connectivity index (χ0n) is 21.2. The molecule has 1 heterocycles. The third-order valence-electron chi connectivity index (χ3n) is 6.68. The second-order valence-electron chi connectivity index (χ2n) is 8.93. The fourth-order valence-corrected chi connectivity index (χ4v) is 4.69. The molecule has 4 atom stereocenters. The number of ether oxygens (including phenoxy) is 4. The average molecular weight is 488 g/mol. The minimum Gasteiger partial charge on any atom is -0.502 e. The van der Waals surface area contributed by atoms with E-state index in [1.807, 2.05) is 13.8 Å². The lowest BCUT2D eigenvalue weighted by molar-refractivity contribution is -0.151. The van der Waals surface area contributed by atoms with E-state index in [9.17, 15) is 19.5 Å². The van der Waals surface area contributed by atoms with Crippen LogP contribution in [0.4, 0.5) is 0 Å². The highest BCUT2D eigenvalue weighted by Crippen LogP contribution is 2.48. The topological polar surface area (TPSA) is 120 Å². The molecule has 1 aromatic carbocycles. The quantitative estimate of drug-likeness (QED) is 0.440. The number of carbonyl (C=O) groups excluding carboxylic acids is 3. The third-order valence-corrected chi connectivity index (χ3v) is 6.68. The lowest BCUT2D eigenvalue weighted by Crippen LogP contribution is -2.43. The molecule has 1 aromatic rings. The van der Waals surface area contributed by atoms with Gasteiger partial charge in [-0.2, -0.15) is 0 Å². The number of rotatable bonds is 7. The molecule has 190 valence electrons. The van der Waals surface area contributed by atoms with Crippen molar-refractivity contribution in [3.05, 3.63) is 40.2 Å². The first kappa shape index (κ1) is 26.1. The molecule has 1 aliphatic heterocycles. The van der Waals surface area contributed by atoms with Crippen LogP contribution in [-0.4, -0.2) is 50.3 Å². The number of dihydropyridines is 1. The van der Waals surface area contributed by atoms with Gasteiger partial charge in [-0.1, -0.05) is 13.8 Å². The van der Waals surface area contributed by atoms with Crippen LogP contribution >= 0.6 is 0 Å². The third kappa shape index (κ3) is 4.72. The van der Waals surface area contributed by atoms with E-state index in [1.165, 1.54) is 21.3 Å². The summed E-state index contributed by atoms with van der Waals surface area (Å²) in [6.45, 7) is 7.26. The van der Waals surface area contributed by atoms with E-state index in [0.29, 0.717) is 29.8 Å². The smallest absolute Gasteiger partial charge is 0.337 e. The summed E-state index contributed by atoms with van der Waals surface area (Å²) < 4.78 is 21.2. The summed E-state index contributed by atoms with van der Waals surface area (Å²) in [4.78, 5) is 39.7. The van der Waals surface area contributed by atoms with Crippen LogP contribution in [0.1, 0.15) is 52.0 Å². The van der Waals surface area contributed by atoms with E-state index >= 15 is 0 Å². The SMILES string of the molecule is CC[C@H](C)OC(=O)C1=C(C)NC2=C(C(=O)[C@H](C(=O)OC)[C@@H](C)C2)[C@@H]1c1cc(OC)c(O)c(OC)c1. The molecule has 0 saturated carbocycles. The summed E-state index contributed by atoms with van der Waals surface area (Å²) in [5.41, 5.74) is 2.19. The van der Waals surface area contributed by atoms with Crippen molar-refractivity contribution in [2.45, 2.75) is 52.6 Å². The highest BCUT2D eigenvalue weighted by molar-refractivity contribution is 6.12. The van der Waals surface area contributed by atoms with Crippen LogP contribution in [0.2, 0.25) is 0 Å². The van der Waals surface area contributed by atoms with Crippen LogP contribution in [0.5, 0.6) is 17.2 Å². The van der Waals surface area contributed by atoms with Crippen LogP contribution < -0.4 is 14.8 Å². The molecule has 2 N–H and O–H groups in total. The molecule has 0 radical (unpaired) electrons. The maximum atomic E-state index is 13.8. The minimum atomic E-state index is -1.01. The van der Waals surface area contributed by atoms with Gasteiger partial charge in [-0.15, -0.1) is 0 Å². The second kappa shape index (κ2) is 10.4. The van der Waals surface area contributed by atoms with Crippen LogP contribution in [-0.2, 0) is 23.9 Å². The molecule has 35 heavy (non-hydrogen) atoms. The fraction of sp³-hybridized carbons (Fsp3) is 0.500. The van der Waals surface area contributed by atoms with E-state index < -0.39 is 29.6 Å². The van der Waals surface area contributed by atoms with Gasteiger partial charge >= 0.3 is 11.9 Å². The summed E-state index contributed by atoms with van der Waals surface area (Å²) in [5, 5.41) is 13.7. The van der Waals surface area contributed by atoms with Crippen molar-refractivity contribution < 1.29 is 38.4 Å². The van der Waals surface area contributed by atoms with E-state index in [4.69, 9.17) is 18.9 Å². The Bertz CT molecular complexity index is 1080. The Hall–Kier alpha value is -3.49. The van der Waals surface area contributed by atoms with Gasteiger partial charge in [0, 0.05) is 22.9 Å². The number of aromatic hydroxyl groups is 1. The Morgan fingerprint density at radius 1 is 1.17 bits per heavy atom. The highest BCUT2D eigenvalue weighted by atomic mass is 16.5. The molecule has 0 fully saturated rings. The van der Waals surface area contributed by atoms with Crippen molar-refractivity contribution in [1.82, 2.24) is 5.32 Å². The van der Waals surface area contributed by atoms with Gasteiger partial charge in [0.1, 0.15) is 5.92 Å². The van der Waals surface area contributed by atoms with Gasteiger partial charge in [-0.05, 0) is 50.3 Å². The Balaban J connectivity index is 2.27. The molecule has 3 rings (SSSR count). The van der Waals surface area contributed by atoms with Gasteiger partial charge in [-0.3, -0.25) is 9.59 Å². The number of esters is 2. The molecule has 0 aromatic heterocycles. The summed E-state index contributed by atoms with van der Waals surface area (Å²) in [6.07, 6.45) is 0.688. The number of nitrogens with one attached hydrogen (secondary N) is 1. The van der Waals surface area contributed by atoms with Crippen molar-refractivity contribution >= 4 is 17.7 Å². The largest absolute Gasteiger partial charge is 0.502 e. The first-order chi connectivity index (χ1) is 16.6. The van der Waals surface area contributed by atoms with E-state index in [1.54, 1.807) is 26.0 Å². The monoisotopic (exact) mass is 487 g/mol. The van der Waals surface area contributed by atoms with Gasteiger partial charge in [0.15, 0.2) is 17.3 Å². The number of allylic oxidation sites excluding steroid dienone is 3. The molecule has 1 aliphatic carbocycles. The van der Waals surface area contributed by atoms with Crippen LogP contribution in [0, 0.1) is 11.8 Å². The normalized spacial score (nSPS) is 22.7. The predicted molar refractivity (Wildman–Crippen MR) is 127 cm³/mol. The van der Waals surface area contributed by atoms with Crippen LogP contribution in [0.3, 0.4) is 0 Å². The number of phenols is 1. The number of phenolic OH excluding ortho intramolecular Hbond substituents is 1. The van der Waals surface area contributed by atoms with Gasteiger partial charge in [-0.25, -0.2) is 4.79 Å². The minimum absolute atomic E-state index is 0.119. The van der Waals surface area contributed by atoms with Gasteiger partial charge in [0.05, 0.1) is 33.0 Å². The molecule has 0 saturated heterocycles.